The molecule has 2 heterocycles. The van der Waals surface area contributed by atoms with Crippen LogP contribution in [-0.4, -0.2) is 90.3 Å². The molecule has 2 aliphatic carbocycles. The van der Waals surface area contributed by atoms with Gasteiger partial charge in [-0.25, -0.2) is 4.79 Å². The first-order valence-corrected chi connectivity index (χ1v) is 23.2. The van der Waals surface area contributed by atoms with Crippen LogP contribution in [0.15, 0.2) is 84.9 Å². The first kappa shape index (κ1) is 43.9. The summed E-state index contributed by atoms with van der Waals surface area (Å²) in [6.45, 7) is 4.17. The Bertz CT molecular complexity index is 1850. The Morgan fingerprint density at radius 1 is 0.557 bits per heavy atom. The van der Waals surface area contributed by atoms with Crippen molar-refractivity contribution in [3.05, 3.63) is 107 Å². The molecule has 0 radical (unpaired) electrons. The third-order valence-corrected chi connectivity index (χ3v) is 13.2. The second-order valence-electron chi connectivity index (χ2n) is 17.9. The highest BCUT2D eigenvalue weighted by molar-refractivity contribution is 5.99. The van der Waals surface area contributed by atoms with Crippen LogP contribution in [0.25, 0.3) is 0 Å². The van der Waals surface area contributed by atoms with Crippen LogP contribution in [0.2, 0.25) is 0 Å². The topological polar surface area (TPSA) is 140 Å². The van der Waals surface area contributed by atoms with Gasteiger partial charge in [0.1, 0.15) is 0 Å². The normalized spacial score (nSPS) is 24.1. The van der Waals surface area contributed by atoms with Gasteiger partial charge < -0.3 is 31.1 Å². The van der Waals surface area contributed by atoms with Crippen molar-refractivity contribution < 1.29 is 24.0 Å². The quantitative estimate of drug-likeness (QED) is 0.0872. The maximum absolute atomic E-state index is 14.0. The minimum absolute atomic E-state index is 0.00155. The van der Waals surface area contributed by atoms with Crippen molar-refractivity contribution in [2.75, 3.05) is 32.7 Å². The first-order chi connectivity index (χ1) is 29.8. The molecule has 4 N–H and O–H groups in total. The Kier molecular flexibility index (Phi) is 15.5. The first-order valence-electron chi connectivity index (χ1n) is 23.2. The molecule has 3 aromatic rings. The lowest BCUT2D eigenvalue weighted by Gasteiger charge is -2.33. The molecule has 0 unspecified atom stereocenters. The average molecular weight is 831 g/mol. The summed E-state index contributed by atoms with van der Waals surface area (Å²) in [6.07, 6.45) is 15.8. The minimum atomic E-state index is -0.682. The third kappa shape index (κ3) is 12.2. The average Bonchev–Trinajstić information content (AvgIpc) is 4.20. The zero-order valence-electron chi connectivity index (χ0n) is 36.0. The van der Waals surface area contributed by atoms with E-state index in [1.807, 2.05) is 36.4 Å². The number of hydrogen-bond donors (Lipinski definition) is 4. The number of piperidine rings is 1. The van der Waals surface area contributed by atoms with Gasteiger partial charge in [0.25, 0.3) is 11.8 Å². The highest BCUT2D eigenvalue weighted by Crippen LogP contribution is 2.42. The van der Waals surface area contributed by atoms with E-state index >= 15 is 0 Å². The van der Waals surface area contributed by atoms with E-state index in [9.17, 15) is 24.0 Å². The van der Waals surface area contributed by atoms with Crippen LogP contribution < -0.4 is 21.3 Å². The van der Waals surface area contributed by atoms with Crippen molar-refractivity contribution in [3.63, 3.8) is 0 Å². The van der Waals surface area contributed by atoms with E-state index in [1.165, 1.54) is 62.5 Å². The van der Waals surface area contributed by atoms with Crippen LogP contribution in [0.5, 0.6) is 0 Å². The van der Waals surface area contributed by atoms with Gasteiger partial charge in [0.2, 0.25) is 11.8 Å². The van der Waals surface area contributed by atoms with Crippen LogP contribution in [0.1, 0.15) is 140 Å². The molecule has 11 nitrogen and oxygen atoms in total. The van der Waals surface area contributed by atoms with E-state index in [-0.39, 0.29) is 72.7 Å². The van der Waals surface area contributed by atoms with Crippen molar-refractivity contribution in [2.24, 2.45) is 11.8 Å². The van der Waals surface area contributed by atoms with E-state index in [1.54, 1.807) is 34.1 Å². The van der Waals surface area contributed by atoms with Crippen molar-refractivity contribution >= 4 is 29.7 Å². The van der Waals surface area contributed by atoms with Crippen LogP contribution in [0.3, 0.4) is 0 Å². The SMILES string of the molecule is CCCCCCCCCCCCNC(=O)N[C@@H]1CCCN(C(=O)c2ccc(C(=O)N3C[C@@H](C(=O)N[C@H]4C[C@@H]4c4ccccc4)[C@H](C(=O)N[C@H]4C[C@@H]4c4ccccc4)C3)cc2)C1. The predicted octanol–water partition coefficient (Wildman–Crippen LogP) is 7.54. The van der Waals surface area contributed by atoms with E-state index in [2.05, 4.69) is 52.5 Å². The number of unbranched alkanes of at least 4 members (excludes halogenated alkanes) is 9. The summed E-state index contributed by atoms with van der Waals surface area (Å²) < 4.78 is 0. The van der Waals surface area contributed by atoms with Gasteiger partial charge in [0, 0.05) is 73.8 Å². The number of carbonyl (C=O) groups is 5. The number of likely N-dealkylation sites (tertiary alicyclic amines) is 2. The molecule has 7 atom stereocenters. The molecule has 11 heteroatoms. The van der Waals surface area contributed by atoms with Crippen LogP contribution in [0.4, 0.5) is 4.79 Å². The number of hydrogen-bond acceptors (Lipinski definition) is 5. The van der Waals surface area contributed by atoms with Crippen molar-refractivity contribution in [1.82, 2.24) is 31.1 Å². The maximum Gasteiger partial charge on any atom is 0.315 e. The minimum Gasteiger partial charge on any atom is -0.352 e. The lowest BCUT2D eigenvalue weighted by molar-refractivity contribution is -0.133. The maximum atomic E-state index is 14.0. The lowest BCUT2D eigenvalue weighted by atomic mass is 9.94. The fourth-order valence-corrected chi connectivity index (χ4v) is 9.38. The molecule has 2 saturated carbocycles. The molecule has 4 aliphatic rings. The Balaban J connectivity index is 0.886. The van der Waals surface area contributed by atoms with Crippen molar-refractivity contribution in [2.45, 2.75) is 127 Å². The number of carbonyl (C=O) groups excluding carboxylic acids is 5. The zero-order valence-corrected chi connectivity index (χ0v) is 36.0. The highest BCUT2D eigenvalue weighted by atomic mass is 16.2. The Labute approximate surface area is 362 Å². The van der Waals surface area contributed by atoms with Gasteiger partial charge in [-0.15, -0.1) is 0 Å². The summed E-state index contributed by atoms with van der Waals surface area (Å²) in [7, 11) is 0. The van der Waals surface area contributed by atoms with Gasteiger partial charge in [-0.05, 0) is 67.5 Å². The Morgan fingerprint density at radius 3 is 1.54 bits per heavy atom. The van der Waals surface area contributed by atoms with Gasteiger partial charge in [-0.1, -0.05) is 125 Å². The van der Waals surface area contributed by atoms with Gasteiger partial charge >= 0.3 is 6.03 Å². The molecule has 4 fully saturated rings. The molecular formula is C50H66N6O5. The summed E-state index contributed by atoms with van der Waals surface area (Å²) in [4.78, 5) is 71.4. The predicted molar refractivity (Wildman–Crippen MR) is 238 cm³/mol. The second-order valence-corrected chi connectivity index (χ2v) is 17.9. The number of amides is 6. The van der Waals surface area contributed by atoms with Crippen LogP contribution in [0, 0.1) is 11.8 Å². The third-order valence-electron chi connectivity index (χ3n) is 13.2. The van der Waals surface area contributed by atoms with E-state index in [4.69, 9.17) is 0 Å². The smallest absolute Gasteiger partial charge is 0.315 e. The van der Waals surface area contributed by atoms with Crippen LogP contribution in [-0.2, 0) is 9.59 Å². The van der Waals surface area contributed by atoms with Gasteiger partial charge in [0.15, 0.2) is 0 Å². The molecule has 7 rings (SSSR count). The van der Waals surface area contributed by atoms with E-state index in [0.29, 0.717) is 30.8 Å². The number of nitrogens with zero attached hydrogens (tertiary/aromatic N) is 2. The zero-order chi connectivity index (χ0) is 42.6. The Hall–Kier alpha value is -5.19. The van der Waals surface area contributed by atoms with Crippen LogP contribution >= 0.6 is 0 Å². The Morgan fingerprint density at radius 2 is 1.03 bits per heavy atom. The molecule has 2 saturated heterocycles. The lowest BCUT2D eigenvalue weighted by Crippen LogP contribution is -2.52. The summed E-state index contributed by atoms with van der Waals surface area (Å²) in [5, 5.41) is 12.4. The summed E-state index contributed by atoms with van der Waals surface area (Å²) in [5.41, 5.74) is 3.23. The molecule has 326 valence electrons. The molecule has 61 heavy (non-hydrogen) atoms. The largest absolute Gasteiger partial charge is 0.352 e. The van der Waals surface area contributed by atoms with Gasteiger partial charge in [0.05, 0.1) is 11.8 Å². The summed E-state index contributed by atoms with van der Waals surface area (Å²) >= 11 is 0. The molecule has 0 bridgehead atoms. The molecular weight excluding hydrogens is 765 g/mol. The fourth-order valence-electron chi connectivity index (χ4n) is 9.38. The van der Waals surface area contributed by atoms with E-state index in [0.717, 1.165) is 38.5 Å². The molecule has 0 spiro atoms. The molecule has 6 amide bonds. The number of benzene rings is 3. The van der Waals surface area contributed by atoms with Gasteiger partial charge in [-0.3, -0.25) is 19.2 Å². The second kappa shape index (κ2) is 21.6. The fraction of sp³-hybridized carbons (Fsp3) is 0.540. The summed E-state index contributed by atoms with van der Waals surface area (Å²) in [6, 6.07) is 26.6. The van der Waals surface area contributed by atoms with Crippen molar-refractivity contribution in [3.8, 4) is 0 Å². The highest BCUT2D eigenvalue weighted by Gasteiger charge is 2.49. The standard InChI is InChI=1S/C50H66N6O5/c1-2-3-4-5-6-7-8-9-10-17-28-51-50(61)52-39-23-18-29-55(32-39)48(59)37-24-26-38(27-25-37)49(60)56-33-42(46(57)53-44-30-40(44)35-19-13-11-14-20-35)43(34-56)47(58)54-45-31-41(45)36-21-15-12-16-22-36/h11-16,19-22,24-27,39-45H,2-10,17-18,23,28-34H2,1H3,(H,53,57)(H,54,58)(H2,51,52,61)/t39-,40-,41-,42-,43-,44+,45+/m1/s1. The monoisotopic (exact) mass is 831 g/mol. The number of urea groups is 1. The van der Waals surface area contributed by atoms with Crippen molar-refractivity contribution in [1.29, 1.82) is 0 Å². The molecule has 3 aromatic carbocycles. The molecule has 0 aromatic heterocycles. The van der Waals surface area contributed by atoms with E-state index < -0.39 is 11.8 Å². The summed E-state index contributed by atoms with van der Waals surface area (Å²) in [5.74, 6) is -1.70. The molecule has 2 aliphatic heterocycles. The number of nitrogens with one attached hydrogen (secondary N) is 4. The number of rotatable bonds is 20. The van der Waals surface area contributed by atoms with Gasteiger partial charge in [-0.2, -0.15) is 0 Å².